The van der Waals surface area contributed by atoms with Crippen LogP contribution in [0.1, 0.15) is 12.7 Å². The van der Waals surface area contributed by atoms with E-state index >= 15 is 0 Å². The van der Waals surface area contributed by atoms with E-state index in [2.05, 4.69) is 15.5 Å². The third-order valence-electron chi connectivity index (χ3n) is 5.70. The molecule has 2 heterocycles. The summed E-state index contributed by atoms with van der Waals surface area (Å²) in [7, 11) is 0. The van der Waals surface area contributed by atoms with Crippen LogP contribution in [-0.2, 0) is 9.59 Å². The second-order valence-electron chi connectivity index (χ2n) is 8.09. The molecule has 0 aliphatic carbocycles. The zero-order valence-electron chi connectivity index (χ0n) is 19.5. The predicted octanol–water partition coefficient (Wildman–Crippen LogP) is 5.45. The van der Waals surface area contributed by atoms with Crippen molar-refractivity contribution >= 4 is 69.8 Å². The molecule has 1 aliphatic rings. The van der Waals surface area contributed by atoms with Crippen molar-refractivity contribution < 1.29 is 14.0 Å². The summed E-state index contributed by atoms with van der Waals surface area (Å²) in [6.45, 7) is 4.33. The quantitative estimate of drug-likeness (QED) is 0.329. The first-order chi connectivity index (χ1) is 17.3. The highest BCUT2D eigenvalue weighted by molar-refractivity contribution is 7.80. The van der Waals surface area contributed by atoms with Crippen molar-refractivity contribution in [1.29, 1.82) is 0 Å². The fourth-order valence-corrected chi connectivity index (χ4v) is 4.47. The van der Waals surface area contributed by atoms with Crippen molar-refractivity contribution in [2.75, 3.05) is 36.4 Å². The SMILES string of the molecule is CC(=O)N1CCN(c2ccccc2NC(=S)NC(=O)/C=C/c2ccc(-c3cccc(Cl)c3Cl)o2)CC1. The van der Waals surface area contributed by atoms with Crippen LogP contribution in [0.3, 0.4) is 0 Å². The highest BCUT2D eigenvalue weighted by Crippen LogP contribution is 2.34. The molecular formula is C26H24Cl2N4O3S. The van der Waals surface area contributed by atoms with E-state index in [-0.39, 0.29) is 11.0 Å². The summed E-state index contributed by atoms with van der Waals surface area (Å²) >= 11 is 17.7. The topological polar surface area (TPSA) is 77.8 Å². The van der Waals surface area contributed by atoms with E-state index in [1.54, 1.807) is 43.3 Å². The predicted molar refractivity (Wildman–Crippen MR) is 148 cm³/mol. The lowest BCUT2D eigenvalue weighted by molar-refractivity contribution is -0.129. The molecule has 1 aromatic heterocycles. The zero-order chi connectivity index (χ0) is 25.7. The minimum absolute atomic E-state index is 0.0806. The molecule has 2 aromatic carbocycles. The monoisotopic (exact) mass is 542 g/mol. The summed E-state index contributed by atoms with van der Waals surface area (Å²) in [5.41, 5.74) is 2.40. The van der Waals surface area contributed by atoms with E-state index in [0.717, 1.165) is 11.4 Å². The molecule has 1 saturated heterocycles. The standard InChI is InChI=1S/C26H24Cl2N4O3S/c1-17(33)31-13-15-32(16-14-31)22-8-3-2-7-21(22)29-26(36)30-24(34)12-10-18-9-11-23(35-18)19-5-4-6-20(27)25(19)28/h2-12H,13-16H2,1H3,(H2,29,30,34,36)/b12-10+. The first kappa shape index (κ1) is 25.8. The summed E-state index contributed by atoms with van der Waals surface area (Å²) in [5, 5.41) is 6.76. The van der Waals surface area contributed by atoms with Gasteiger partial charge in [-0.25, -0.2) is 0 Å². The lowest BCUT2D eigenvalue weighted by Gasteiger charge is -2.36. The highest BCUT2D eigenvalue weighted by atomic mass is 35.5. The third kappa shape index (κ3) is 6.26. The van der Waals surface area contributed by atoms with Gasteiger partial charge in [-0.15, -0.1) is 0 Å². The number of rotatable bonds is 5. The maximum Gasteiger partial charge on any atom is 0.250 e. The number of para-hydroxylation sites is 2. The number of halogens is 2. The molecule has 1 fully saturated rings. The first-order valence-corrected chi connectivity index (χ1v) is 12.4. The number of thiocarbonyl (C=S) groups is 1. The number of furan rings is 1. The van der Waals surface area contributed by atoms with Gasteiger partial charge in [-0.3, -0.25) is 14.9 Å². The largest absolute Gasteiger partial charge is 0.457 e. The molecule has 2 N–H and O–H groups in total. The molecule has 0 bridgehead atoms. The van der Waals surface area contributed by atoms with Crippen LogP contribution in [0.25, 0.3) is 17.4 Å². The van der Waals surface area contributed by atoms with Crippen LogP contribution in [0, 0.1) is 0 Å². The number of amides is 2. The minimum atomic E-state index is -0.404. The van der Waals surface area contributed by atoms with E-state index in [1.807, 2.05) is 29.2 Å². The second-order valence-corrected chi connectivity index (χ2v) is 9.28. The lowest BCUT2D eigenvalue weighted by atomic mass is 10.2. The molecule has 0 radical (unpaired) electrons. The Morgan fingerprint density at radius 3 is 2.50 bits per heavy atom. The highest BCUT2D eigenvalue weighted by Gasteiger charge is 2.20. The fraction of sp³-hybridized carbons (Fsp3) is 0.192. The number of carbonyl (C=O) groups excluding carboxylic acids is 2. The van der Waals surface area contributed by atoms with Crippen LogP contribution in [-0.4, -0.2) is 48.0 Å². The smallest absolute Gasteiger partial charge is 0.250 e. The number of nitrogens with one attached hydrogen (secondary N) is 2. The van der Waals surface area contributed by atoms with Crippen LogP contribution in [0.15, 0.2) is 65.1 Å². The maximum atomic E-state index is 12.4. The van der Waals surface area contributed by atoms with E-state index in [1.165, 1.54) is 6.08 Å². The summed E-state index contributed by atoms with van der Waals surface area (Å²) in [4.78, 5) is 28.1. The summed E-state index contributed by atoms with van der Waals surface area (Å²) in [6.07, 6.45) is 2.88. The van der Waals surface area contributed by atoms with Gasteiger partial charge in [0, 0.05) is 44.7 Å². The zero-order valence-corrected chi connectivity index (χ0v) is 21.8. The number of nitrogens with zero attached hydrogens (tertiary/aromatic N) is 2. The van der Waals surface area contributed by atoms with Gasteiger partial charge in [-0.2, -0.15) is 0 Å². The van der Waals surface area contributed by atoms with Crippen molar-refractivity contribution in [3.63, 3.8) is 0 Å². The lowest BCUT2D eigenvalue weighted by Crippen LogP contribution is -2.48. The van der Waals surface area contributed by atoms with E-state index in [0.29, 0.717) is 53.3 Å². The van der Waals surface area contributed by atoms with Gasteiger partial charge in [0.25, 0.3) is 0 Å². The summed E-state index contributed by atoms with van der Waals surface area (Å²) in [5.74, 6) is 0.696. The van der Waals surface area contributed by atoms with Crippen LogP contribution in [0.5, 0.6) is 0 Å². The molecule has 7 nitrogen and oxygen atoms in total. The Kier molecular flexibility index (Phi) is 8.30. The first-order valence-electron chi connectivity index (χ1n) is 11.3. The van der Waals surface area contributed by atoms with E-state index in [9.17, 15) is 9.59 Å². The Bertz CT molecular complexity index is 1320. The molecule has 2 amide bonds. The van der Waals surface area contributed by atoms with Gasteiger partial charge >= 0.3 is 0 Å². The Hall–Kier alpha value is -3.33. The molecule has 10 heteroatoms. The van der Waals surface area contributed by atoms with Crippen molar-refractivity contribution in [2.24, 2.45) is 0 Å². The Morgan fingerprint density at radius 1 is 1.00 bits per heavy atom. The number of piperazine rings is 1. The van der Waals surface area contributed by atoms with Gasteiger partial charge < -0.3 is 19.5 Å². The van der Waals surface area contributed by atoms with Gasteiger partial charge in [0.15, 0.2) is 5.11 Å². The molecule has 0 spiro atoms. The van der Waals surface area contributed by atoms with Crippen LogP contribution < -0.4 is 15.5 Å². The number of hydrogen-bond acceptors (Lipinski definition) is 5. The molecular weight excluding hydrogens is 519 g/mol. The number of hydrogen-bond donors (Lipinski definition) is 2. The second kappa shape index (κ2) is 11.6. The molecule has 3 aromatic rings. The summed E-state index contributed by atoms with van der Waals surface area (Å²) in [6, 6.07) is 16.5. The van der Waals surface area contributed by atoms with Crippen molar-refractivity contribution in [3.05, 3.63) is 76.5 Å². The molecule has 0 saturated carbocycles. The molecule has 4 rings (SSSR count). The normalized spacial score (nSPS) is 13.6. The van der Waals surface area contributed by atoms with E-state index < -0.39 is 5.91 Å². The van der Waals surface area contributed by atoms with Gasteiger partial charge in [0.1, 0.15) is 11.5 Å². The molecule has 186 valence electrons. The Morgan fingerprint density at radius 2 is 1.75 bits per heavy atom. The number of benzene rings is 2. The van der Waals surface area contributed by atoms with E-state index in [4.69, 9.17) is 39.8 Å². The van der Waals surface area contributed by atoms with Crippen molar-refractivity contribution in [3.8, 4) is 11.3 Å². The Labute approximate surface area is 224 Å². The van der Waals surface area contributed by atoms with Crippen LogP contribution in [0.4, 0.5) is 11.4 Å². The van der Waals surface area contributed by atoms with Gasteiger partial charge in [0.05, 0.1) is 21.4 Å². The summed E-state index contributed by atoms with van der Waals surface area (Å²) < 4.78 is 5.77. The van der Waals surface area contributed by atoms with Gasteiger partial charge in [-0.05, 0) is 54.7 Å². The molecule has 1 aliphatic heterocycles. The fourth-order valence-electron chi connectivity index (χ4n) is 3.86. The van der Waals surface area contributed by atoms with Gasteiger partial charge in [0.2, 0.25) is 11.8 Å². The van der Waals surface area contributed by atoms with Crippen molar-refractivity contribution in [2.45, 2.75) is 6.92 Å². The van der Waals surface area contributed by atoms with Gasteiger partial charge in [-0.1, -0.05) is 41.4 Å². The third-order valence-corrected chi connectivity index (χ3v) is 6.72. The average molecular weight is 543 g/mol. The average Bonchev–Trinajstić information content (AvgIpc) is 3.33. The Balaban J connectivity index is 1.35. The minimum Gasteiger partial charge on any atom is -0.457 e. The molecule has 36 heavy (non-hydrogen) atoms. The van der Waals surface area contributed by atoms with Crippen LogP contribution in [0.2, 0.25) is 10.0 Å². The molecule has 0 atom stereocenters. The van der Waals surface area contributed by atoms with Crippen molar-refractivity contribution in [1.82, 2.24) is 10.2 Å². The van der Waals surface area contributed by atoms with Crippen LogP contribution >= 0.6 is 35.4 Å². The maximum absolute atomic E-state index is 12.4. The number of anilines is 2. The molecule has 0 unspecified atom stereocenters. The number of carbonyl (C=O) groups is 2.